The number of nitrogens with one attached hydrogen (secondary N) is 1. The van der Waals surface area contributed by atoms with E-state index in [1.165, 1.54) is 18.2 Å². The molecule has 1 aromatic carbocycles. The molecule has 0 unspecified atom stereocenters. The van der Waals surface area contributed by atoms with Crippen molar-refractivity contribution in [2.45, 2.75) is 6.54 Å². The first-order valence-corrected chi connectivity index (χ1v) is 7.72. The largest absolute Gasteiger partial charge is 0.365 e. The quantitative estimate of drug-likeness (QED) is 0.414. The Hall–Kier alpha value is -2.85. The highest BCUT2D eigenvalue weighted by Gasteiger charge is 2.17. The molecule has 0 bridgehead atoms. The van der Waals surface area contributed by atoms with Crippen molar-refractivity contribution in [2.24, 2.45) is 0 Å². The van der Waals surface area contributed by atoms with Crippen molar-refractivity contribution in [1.82, 2.24) is 9.97 Å². The number of nitro groups is 2. The van der Waals surface area contributed by atoms with Crippen LogP contribution in [0.1, 0.15) is 5.56 Å². The van der Waals surface area contributed by atoms with Crippen LogP contribution < -0.4 is 5.32 Å². The van der Waals surface area contributed by atoms with Gasteiger partial charge in [0.1, 0.15) is 10.6 Å². The number of thiophene rings is 1. The van der Waals surface area contributed by atoms with Gasteiger partial charge in [-0.15, -0.1) is 0 Å². The number of fused-ring (bicyclic) bond motifs is 1. The summed E-state index contributed by atoms with van der Waals surface area (Å²) < 4.78 is 0. The molecule has 0 fully saturated rings. The van der Waals surface area contributed by atoms with Gasteiger partial charge in [-0.25, -0.2) is 9.97 Å². The molecule has 24 heavy (non-hydrogen) atoms. The van der Waals surface area contributed by atoms with Crippen molar-refractivity contribution in [3.05, 3.63) is 61.4 Å². The molecule has 0 aliphatic rings. The second kappa shape index (κ2) is 6.34. The average Bonchev–Trinajstić information content (AvgIpc) is 2.97. The molecule has 3 rings (SSSR count). The Bertz CT molecular complexity index is 961. The van der Waals surface area contributed by atoms with Crippen molar-refractivity contribution in [3.8, 4) is 0 Å². The molecule has 0 saturated carbocycles. The lowest BCUT2D eigenvalue weighted by atomic mass is 10.2. The topological polar surface area (TPSA) is 124 Å². The van der Waals surface area contributed by atoms with E-state index in [0.29, 0.717) is 21.6 Å². The van der Waals surface area contributed by atoms with Crippen LogP contribution in [0, 0.1) is 20.2 Å². The molecule has 0 amide bonds. The Balaban J connectivity index is 1.91. The average molecular weight is 366 g/mol. The van der Waals surface area contributed by atoms with Crippen LogP contribution in [-0.4, -0.2) is 19.8 Å². The van der Waals surface area contributed by atoms with Gasteiger partial charge in [-0.1, -0.05) is 12.1 Å². The van der Waals surface area contributed by atoms with Crippen molar-refractivity contribution in [3.63, 3.8) is 0 Å². The fourth-order valence-corrected chi connectivity index (χ4v) is 3.14. The number of rotatable bonds is 5. The molecule has 3 aromatic rings. The van der Waals surface area contributed by atoms with E-state index in [2.05, 4.69) is 15.3 Å². The van der Waals surface area contributed by atoms with E-state index in [9.17, 15) is 20.2 Å². The number of non-ortho nitro benzene ring substituents is 1. The highest BCUT2D eigenvalue weighted by molar-refractivity contribution is 7.21. The second-order valence-electron chi connectivity index (χ2n) is 4.68. The van der Waals surface area contributed by atoms with Gasteiger partial charge in [-0.3, -0.25) is 20.2 Å². The van der Waals surface area contributed by atoms with Crippen molar-refractivity contribution >= 4 is 49.7 Å². The molecular weight excluding hydrogens is 358 g/mol. The molecule has 122 valence electrons. The smallest absolute Gasteiger partial charge is 0.326 e. The van der Waals surface area contributed by atoms with Gasteiger partial charge < -0.3 is 5.32 Å². The summed E-state index contributed by atoms with van der Waals surface area (Å²) in [5.74, 6) is 0.334. The third kappa shape index (κ3) is 3.24. The summed E-state index contributed by atoms with van der Waals surface area (Å²) in [4.78, 5) is 29.1. The van der Waals surface area contributed by atoms with Crippen LogP contribution in [0.25, 0.3) is 10.2 Å². The number of nitro benzene ring substituents is 1. The Morgan fingerprint density at radius 2 is 1.96 bits per heavy atom. The summed E-state index contributed by atoms with van der Waals surface area (Å²) in [5, 5.41) is 25.0. The van der Waals surface area contributed by atoms with E-state index >= 15 is 0 Å². The maximum Gasteiger partial charge on any atom is 0.326 e. The highest BCUT2D eigenvalue weighted by atomic mass is 35.5. The molecular formula is C13H8ClN5O4S. The van der Waals surface area contributed by atoms with E-state index in [1.54, 1.807) is 12.1 Å². The summed E-state index contributed by atoms with van der Waals surface area (Å²) in [6.07, 6.45) is 0. The number of anilines is 1. The summed E-state index contributed by atoms with van der Waals surface area (Å²) in [6.45, 7) is 0.244. The molecule has 9 nitrogen and oxygen atoms in total. The zero-order valence-electron chi connectivity index (χ0n) is 11.8. The molecule has 1 N–H and O–H groups in total. The Labute approximate surface area is 143 Å². The van der Waals surface area contributed by atoms with Crippen molar-refractivity contribution in [1.29, 1.82) is 0 Å². The van der Waals surface area contributed by atoms with Crippen LogP contribution in [0.2, 0.25) is 5.28 Å². The standard InChI is InChI=1S/C13H8ClN5O4S/c14-13-16-11(9-5-10(19(22)23)24-12(9)17-13)15-6-7-2-1-3-8(4-7)18(20)21/h1-5H,6H2,(H,15,16,17). The monoisotopic (exact) mass is 365 g/mol. The number of benzene rings is 1. The van der Waals surface area contributed by atoms with Gasteiger partial charge in [0.25, 0.3) is 5.69 Å². The zero-order chi connectivity index (χ0) is 17.3. The first-order chi connectivity index (χ1) is 11.4. The predicted molar refractivity (Wildman–Crippen MR) is 89.5 cm³/mol. The van der Waals surface area contributed by atoms with Crippen LogP contribution in [0.3, 0.4) is 0 Å². The lowest BCUT2D eigenvalue weighted by molar-refractivity contribution is -0.384. The number of aromatic nitrogens is 2. The zero-order valence-corrected chi connectivity index (χ0v) is 13.4. The fourth-order valence-electron chi connectivity index (χ4n) is 2.07. The summed E-state index contributed by atoms with van der Waals surface area (Å²) in [5.41, 5.74) is 0.642. The van der Waals surface area contributed by atoms with Gasteiger partial charge in [0, 0.05) is 24.7 Å². The van der Waals surface area contributed by atoms with Crippen molar-refractivity contribution < 1.29 is 9.85 Å². The third-order valence-corrected chi connectivity index (χ3v) is 4.26. The number of nitrogens with zero attached hydrogens (tertiary/aromatic N) is 4. The molecule has 0 atom stereocenters. The molecule has 0 radical (unpaired) electrons. The maximum atomic E-state index is 10.9. The molecule has 2 heterocycles. The van der Waals surface area contributed by atoms with E-state index in [4.69, 9.17) is 11.6 Å². The second-order valence-corrected chi connectivity index (χ2v) is 6.03. The van der Waals surface area contributed by atoms with Crippen LogP contribution in [0.5, 0.6) is 0 Å². The van der Waals surface area contributed by atoms with Crippen LogP contribution in [-0.2, 0) is 6.54 Å². The lowest BCUT2D eigenvalue weighted by Crippen LogP contribution is -2.03. The first kappa shape index (κ1) is 16.0. The Kier molecular flexibility index (Phi) is 4.23. The molecule has 11 heteroatoms. The molecule has 0 aliphatic heterocycles. The molecule has 2 aromatic heterocycles. The summed E-state index contributed by atoms with van der Waals surface area (Å²) in [7, 11) is 0. The van der Waals surface area contributed by atoms with Gasteiger partial charge in [-0.2, -0.15) is 0 Å². The van der Waals surface area contributed by atoms with E-state index in [-0.39, 0.29) is 22.5 Å². The van der Waals surface area contributed by atoms with Gasteiger partial charge in [0.2, 0.25) is 5.28 Å². The Morgan fingerprint density at radius 1 is 1.17 bits per heavy atom. The minimum absolute atomic E-state index is 0.0219. The maximum absolute atomic E-state index is 10.9. The minimum atomic E-state index is -0.509. The first-order valence-electron chi connectivity index (χ1n) is 6.52. The SMILES string of the molecule is O=[N+]([O-])c1cccc(CNc2nc(Cl)nc3sc([N+](=O)[O-])cc23)c1. The lowest BCUT2D eigenvalue weighted by Gasteiger charge is -2.07. The Morgan fingerprint density at radius 3 is 2.67 bits per heavy atom. The fraction of sp³-hybridized carbons (Fsp3) is 0.0769. The van der Waals surface area contributed by atoms with E-state index in [1.807, 2.05) is 0 Å². The third-order valence-electron chi connectivity index (χ3n) is 3.11. The van der Waals surface area contributed by atoms with Crippen LogP contribution in [0.4, 0.5) is 16.5 Å². The number of hydrogen-bond donors (Lipinski definition) is 1. The molecule has 0 aliphatic carbocycles. The van der Waals surface area contributed by atoms with Gasteiger partial charge in [0.15, 0.2) is 0 Å². The molecule has 0 spiro atoms. The molecule has 0 saturated heterocycles. The van der Waals surface area contributed by atoms with Gasteiger partial charge in [-0.05, 0) is 28.5 Å². The highest BCUT2D eigenvalue weighted by Crippen LogP contribution is 2.34. The van der Waals surface area contributed by atoms with Crippen molar-refractivity contribution in [2.75, 3.05) is 5.32 Å². The van der Waals surface area contributed by atoms with Gasteiger partial charge in [0.05, 0.1) is 15.2 Å². The minimum Gasteiger partial charge on any atom is -0.365 e. The normalized spacial score (nSPS) is 10.7. The predicted octanol–water partition coefficient (Wildman–Crippen LogP) is 3.77. The van der Waals surface area contributed by atoms with Gasteiger partial charge >= 0.3 is 5.00 Å². The van der Waals surface area contributed by atoms with E-state index < -0.39 is 9.85 Å². The van der Waals surface area contributed by atoms with Crippen LogP contribution >= 0.6 is 22.9 Å². The number of halogens is 1. The summed E-state index contributed by atoms with van der Waals surface area (Å²) >= 11 is 6.74. The van der Waals surface area contributed by atoms with E-state index in [0.717, 1.165) is 11.3 Å². The van der Waals surface area contributed by atoms with Crippen LogP contribution in [0.15, 0.2) is 30.3 Å². The summed E-state index contributed by atoms with van der Waals surface area (Å²) in [6, 6.07) is 7.49. The number of hydrogen-bond acceptors (Lipinski definition) is 8.